The van der Waals surface area contributed by atoms with Crippen LogP contribution in [0.4, 0.5) is 5.69 Å². The van der Waals surface area contributed by atoms with E-state index >= 15 is 0 Å². The number of benzene rings is 1. The molecule has 0 aliphatic carbocycles. The van der Waals surface area contributed by atoms with Crippen LogP contribution in [0.3, 0.4) is 0 Å². The molecule has 0 atom stereocenters. The minimum Gasteiger partial charge on any atom is -0.493 e. The lowest BCUT2D eigenvalue weighted by molar-refractivity contribution is 0.355. The van der Waals surface area contributed by atoms with Crippen LogP contribution in [0.15, 0.2) is 40.0 Å². The topological polar surface area (TPSA) is 80.9 Å². The molecule has 0 aliphatic rings. The van der Waals surface area contributed by atoms with Crippen molar-refractivity contribution >= 4 is 11.6 Å². The molecule has 2 rings (SSSR count). The number of rotatable bonds is 5. The van der Waals surface area contributed by atoms with E-state index in [0.29, 0.717) is 24.0 Å². The summed E-state index contributed by atoms with van der Waals surface area (Å²) in [6.07, 6.45) is 1.53. The summed E-state index contributed by atoms with van der Waals surface area (Å²) in [5, 5.41) is 10.1. The van der Waals surface area contributed by atoms with Crippen LogP contribution in [0.1, 0.15) is 5.69 Å². The lowest BCUT2D eigenvalue weighted by Crippen LogP contribution is -2.30. The SMILES string of the molecule is CN=C(NCc1ccon1)Nc1ccc(OC)c(OC)c1. The van der Waals surface area contributed by atoms with E-state index in [1.807, 2.05) is 18.2 Å². The number of hydrogen-bond acceptors (Lipinski definition) is 5. The number of aromatic nitrogens is 1. The highest BCUT2D eigenvalue weighted by Gasteiger charge is 2.06. The van der Waals surface area contributed by atoms with E-state index in [2.05, 4.69) is 20.8 Å². The molecule has 2 aromatic rings. The molecule has 2 N–H and O–H groups in total. The summed E-state index contributed by atoms with van der Waals surface area (Å²) in [4.78, 5) is 4.14. The standard InChI is InChI=1S/C14H18N4O3/c1-15-14(16-9-11-6-7-21-18-11)17-10-4-5-12(19-2)13(8-10)20-3/h4-8H,9H2,1-3H3,(H2,15,16,17). The Labute approximate surface area is 123 Å². The molecule has 112 valence electrons. The zero-order chi connectivity index (χ0) is 15.1. The van der Waals surface area contributed by atoms with Gasteiger partial charge in [-0.25, -0.2) is 0 Å². The van der Waals surface area contributed by atoms with Crippen LogP contribution in [0.25, 0.3) is 0 Å². The second kappa shape index (κ2) is 7.18. The molecule has 0 saturated carbocycles. The second-order valence-corrected chi connectivity index (χ2v) is 4.11. The third kappa shape index (κ3) is 3.88. The molecule has 0 fully saturated rings. The van der Waals surface area contributed by atoms with E-state index in [-0.39, 0.29) is 0 Å². The first kappa shape index (κ1) is 14.7. The second-order valence-electron chi connectivity index (χ2n) is 4.11. The average Bonchev–Trinajstić information content (AvgIpc) is 3.04. The third-order valence-corrected chi connectivity index (χ3v) is 2.80. The quantitative estimate of drug-likeness (QED) is 0.646. The van der Waals surface area contributed by atoms with Crippen molar-refractivity contribution in [2.24, 2.45) is 4.99 Å². The van der Waals surface area contributed by atoms with E-state index in [1.54, 1.807) is 27.3 Å². The zero-order valence-electron chi connectivity index (χ0n) is 12.2. The van der Waals surface area contributed by atoms with E-state index in [9.17, 15) is 0 Å². The first-order chi connectivity index (χ1) is 10.3. The average molecular weight is 290 g/mol. The molecular weight excluding hydrogens is 272 g/mol. The fraction of sp³-hybridized carbons (Fsp3) is 0.286. The van der Waals surface area contributed by atoms with Gasteiger partial charge in [-0.1, -0.05) is 5.16 Å². The number of methoxy groups -OCH3 is 2. The summed E-state index contributed by atoms with van der Waals surface area (Å²) in [7, 11) is 4.89. The molecule has 0 unspecified atom stereocenters. The van der Waals surface area contributed by atoms with Crippen LogP contribution in [-0.4, -0.2) is 32.4 Å². The smallest absolute Gasteiger partial charge is 0.195 e. The molecule has 7 heteroatoms. The monoisotopic (exact) mass is 290 g/mol. The zero-order valence-corrected chi connectivity index (χ0v) is 12.2. The molecule has 0 radical (unpaired) electrons. The Morgan fingerprint density at radius 3 is 2.67 bits per heavy atom. The van der Waals surface area contributed by atoms with Crippen LogP contribution < -0.4 is 20.1 Å². The van der Waals surface area contributed by atoms with Crippen molar-refractivity contribution in [3.63, 3.8) is 0 Å². The van der Waals surface area contributed by atoms with E-state index in [4.69, 9.17) is 14.0 Å². The molecule has 1 heterocycles. The summed E-state index contributed by atoms with van der Waals surface area (Å²) in [5.74, 6) is 1.94. The lowest BCUT2D eigenvalue weighted by atomic mass is 10.3. The van der Waals surface area contributed by atoms with Gasteiger partial charge >= 0.3 is 0 Å². The number of guanidine groups is 1. The highest BCUT2D eigenvalue weighted by Crippen LogP contribution is 2.29. The number of hydrogen-bond donors (Lipinski definition) is 2. The molecule has 0 spiro atoms. The Morgan fingerprint density at radius 1 is 1.24 bits per heavy atom. The maximum atomic E-state index is 5.26. The van der Waals surface area contributed by atoms with Gasteiger partial charge in [0.05, 0.1) is 20.8 Å². The van der Waals surface area contributed by atoms with Crippen LogP contribution >= 0.6 is 0 Å². The molecule has 1 aromatic heterocycles. The summed E-state index contributed by atoms with van der Waals surface area (Å²) in [6.45, 7) is 0.517. The van der Waals surface area contributed by atoms with Crippen molar-refractivity contribution in [2.75, 3.05) is 26.6 Å². The van der Waals surface area contributed by atoms with Gasteiger partial charge in [-0.3, -0.25) is 4.99 Å². The van der Waals surface area contributed by atoms with Crippen molar-refractivity contribution in [3.05, 3.63) is 36.2 Å². The van der Waals surface area contributed by atoms with Crippen LogP contribution in [0, 0.1) is 0 Å². The van der Waals surface area contributed by atoms with Gasteiger partial charge in [-0.05, 0) is 12.1 Å². The van der Waals surface area contributed by atoms with Crippen molar-refractivity contribution in [1.82, 2.24) is 10.5 Å². The number of anilines is 1. The fourth-order valence-corrected chi connectivity index (χ4v) is 1.73. The van der Waals surface area contributed by atoms with Crippen LogP contribution in [-0.2, 0) is 6.54 Å². The third-order valence-electron chi connectivity index (χ3n) is 2.80. The highest BCUT2D eigenvalue weighted by molar-refractivity contribution is 5.93. The Morgan fingerprint density at radius 2 is 2.05 bits per heavy atom. The lowest BCUT2D eigenvalue weighted by Gasteiger charge is -2.13. The van der Waals surface area contributed by atoms with Gasteiger partial charge in [0.15, 0.2) is 17.5 Å². The fourth-order valence-electron chi connectivity index (χ4n) is 1.73. The maximum absolute atomic E-state index is 5.26. The molecule has 0 bridgehead atoms. The van der Waals surface area contributed by atoms with Gasteiger partial charge in [0, 0.05) is 24.9 Å². The molecule has 0 amide bonds. The highest BCUT2D eigenvalue weighted by atomic mass is 16.5. The molecule has 1 aromatic carbocycles. The minimum atomic E-state index is 0.517. The number of ether oxygens (including phenoxy) is 2. The largest absolute Gasteiger partial charge is 0.493 e. The van der Waals surface area contributed by atoms with E-state index < -0.39 is 0 Å². The predicted molar refractivity (Wildman–Crippen MR) is 79.9 cm³/mol. The first-order valence-electron chi connectivity index (χ1n) is 6.35. The first-order valence-corrected chi connectivity index (χ1v) is 6.35. The normalized spacial score (nSPS) is 11.1. The molecule has 7 nitrogen and oxygen atoms in total. The molecule has 21 heavy (non-hydrogen) atoms. The van der Waals surface area contributed by atoms with Crippen molar-refractivity contribution in [3.8, 4) is 11.5 Å². The van der Waals surface area contributed by atoms with Gasteiger partial charge in [0.1, 0.15) is 12.0 Å². The summed E-state index contributed by atoms with van der Waals surface area (Å²) in [6, 6.07) is 7.33. The van der Waals surface area contributed by atoms with Crippen LogP contribution in [0.2, 0.25) is 0 Å². The Balaban J connectivity index is 2.01. The Kier molecular flexibility index (Phi) is 5.03. The summed E-state index contributed by atoms with van der Waals surface area (Å²) < 4.78 is 15.2. The Bertz CT molecular complexity index is 596. The van der Waals surface area contributed by atoms with Gasteiger partial charge in [-0.15, -0.1) is 0 Å². The van der Waals surface area contributed by atoms with Gasteiger partial charge in [0.25, 0.3) is 0 Å². The Hall–Kier alpha value is -2.70. The maximum Gasteiger partial charge on any atom is 0.195 e. The number of nitrogens with one attached hydrogen (secondary N) is 2. The number of nitrogens with zero attached hydrogens (tertiary/aromatic N) is 2. The van der Waals surface area contributed by atoms with Crippen molar-refractivity contribution < 1.29 is 14.0 Å². The number of aliphatic imine (C=N–C) groups is 1. The van der Waals surface area contributed by atoms with Gasteiger partial charge in [0.2, 0.25) is 0 Å². The van der Waals surface area contributed by atoms with Crippen molar-refractivity contribution in [2.45, 2.75) is 6.54 Å². The molecule has 0 saturated heterocycles. The predicted octanol–water partition coefficient (Wildman–Crippen LogP) is 1.88. The van der Waals surface area contributed by atoms with E-state index in [1.165, 1.54) is 6.26 Å². The van der Waals surface area contributed by atoms with E-state index in [0.717, 1.165) is 11.4 Å². The summed E-state index contributed by atoms with van der Waals surface area (Å²) in [5.41, 5.74) is 1.63. The summed E-state index contributed by atoms with van der Waals surface area (Å²) >= 11 is 0. The van der Waals surface area contributed by atoms with Gasteiger partial charge < -0.3 is 24.6 Å². The molecule has 0 aliphatic heterocycles. The van der Waals surface area contributed by atoms with Crippen LogP contribution in [0.5, 0.6) is 11.5 Å². The van der Waals surface area contributed by atoms with Crippen molar-refractivity contribution in [1.29, 1.82) is 0 Å². The minimum absolute atomic E-state index is 0.517. The van der Waals surface area contributed by atoms with Gasteiger partial charge in [-0.2, -0.15) is 0 Å². The molecular formula is C14H18N4O3.